The predicted molar refractivity (Wildman–Crippen MR) is 77.8 cm³/mol. The molecule has 100 valence electrons. The molecule has 2 atom stereocenters. The second-order valence-electron chi connectivity index (χ2n) is 5.81. The Kier molecular flexibility index (Phi) is 4.79. The van der Waals surface area contributed by atoms with Crippen molar-refractivity contribution in [3.05, 3.63) is 35.4 Å². The van der Waals surface area contributed by atoms with Crippen molar-refractivity contribution in [1.29, 1.82) is 0 Å². The Morgan fingerprint density at radius 2 is 2.00 bits per heavy atom. The van der Waals surface area contributed by atoms with Gasteiger partial charge in [-0.3, -0.25) is 0 Å². The van der Waals surface area contributed by atoms with E-state index in [0.717, 1.165) is 12.5 Å². The zero-order chi connectivity index (χ0) is 13.0. The van der Waals surface area contributed by atoms with Crippen LogP contribution in [0, 0.1) is 5.92 Å². The molecule has 1 heterocycles. The van der Waals surface area contributed by atoms with Crippen LogP contribution in [0.4, 0.5) is 0 Å². The van der Waals surface area contributed by atoms with E-state index in [1.165, 1.54) is 30.4 Å². The summed E-state index contributed by atoms with van der Waals surface area (Å²) in [6.07, 6.45) is 3.75. The zero-order valence-corrected chi connectivity index (χ0v) is 11.9. The standard InChI is InChI=1S/C16H26N2/c1-12(2)11-13-6-8-14(9-7-13)16(17-3)15-5-4-10-18-15/h6-9,12,15-18H,4-5,10-11H2,1-3H3. The third-order valence-electron chi connectivity index (χ3n) is 3.79. The van der Waals surface area contributed by atoms with E-state index in [0.29, 0.717) is 12.1 Å². The zero-order valence-electron chi connectivity index (χ0n) is 11.9. The maximum atomic E-state index is 3.59. The summed E-state index contributed by atoms with van der Waals surface area (Å²) in [5.74, 6) is 0.729. The van der Waals surface area contributed by atoms with Gasteiger partial charge in [-0.2, -0.15) is 0 Å². The molecule has 1 aromatic carbocycles. The smallest absolute Gasteiger partial charge is 0.0473 e. The van der Waals surface area contributed by atoms with E-state index in [-0.39, 0.29) is 0 Å². The molecule has 0 radical (unpaired) electrons. The molecule has 0 aliphatic carbocycles. The summed E-state index contributed by atoms with van der Waals surface area (Å²) in [4.78, 5) is 0. The Morgan fingerprint density at radius 3 is 2.50 bits per heavy atom. The fourth-order valence-corrected chi connectivity index (χ4v) is 2.93. The van der Waals surface area contributed by atoms with Gasteiger partial charge in [-0.1, -0.05) is 38.1 Å². The van der Waals surface area contributed by atoms with Crippen molar-refractivity contribution >= 4 is 0 Å². The van der Waals surface area contributed by atoms with Crippen molar-refractivity contribution in [3.63, 3.8) is 0 Å². The minimum Gasteiger partial charge on any atom is -0.312 e. The van der Waals surface area contributed by atoms with E-state index < -0.39 is 0 Å². The molecule has 1 saturated heterocycles. The molecule has 2 N–H and O–H groups in total. The summed E-state index contributed by atoms with van der Waals surface area (Å²) >= 11 is 0. The maximum Gasteiger partial charge on any atom is 0.0473 e. The van der Waals surface area contributed by atoms with Crippen LogP contribution in [0.2, 0.25) is 0 Å². The van der Waals surface area contributed by atoms with Crippen molar-refractivity contribution < 1.29 is 0 Å². The van der Waals surface area contributed by atoms with E-state index >= 15 is 0 Å². The molecule has 1 aliphatic heterocycles. The lowest BCUT2D eigenvalue weighted by atomic mass is 9.95. The molecule has 18 heavy (non-hydrogen) atoms. The van der Waals surface area contributed by atoms with Crippen molar-refractivity contribution in [2.45, 2.75) is 45.2 Å². The van der Waals surface area contributed by atoms with Gasteiger partial charge in [0.15, 0.2) is 0 Å². The molecule has 0 aromatic heterocycles. The highest BCUT2D eigenvalue weighted by atomic mass is 15.0. The number of likely N-dealkylation sites (N-methyl/N-ethyl adjacent to an activating group) is 1. The van der Waals surface area contributed by atoms with Crippen LogP contribution in [-0.4, -0.2) is 19.6 Å². The van der Waals surface area contributed by atoms with E-state index in [1.807, 2.05) is 0 Å². The summed E-state index contributed by atoms with van der Waals surface area (Å²) in [6.45, 7) is 5.70. The lowest BCUT2D eigenvalue weighted by Crippen LogP contribution is -2.36. The van der Waals surface area contributed by atoms with Crippen LogP contribution >= 0.6 is 0 Å². The second kappa shape index (κ2) is 6.35. The highest BCUT2D eigenvalue weighted by molar-refractivity contribution is 5.26. The highest BCUT2D eigenvalue weighted by Crippen LogP contribution is 2.23. The molecule has 2 heteroatoms. The minimum atomic E-state index is 0.445. The lowest BCUT2D eigenvalue weighted by Gasteiger charge is -2.24. The van der Waals surface area contributed by atoms with Gasteiger partial charge in [0.2, 0.25) is 0 Å². The second-order valence-corrected chi connectivity index (χ2v) is 5.81. The van der Waals surface area contributed by atoms with E-state index in [1.54, 1.807) is 0 Å². The molecule has 1 aliphatic rings. The predicted octanol–water partition coefficient (Wildman–Crippen LogP) is 2.90. The van der Waals surface area contributed by atoms with Gasteiger partial charge in [-0.25, -0.2) is 0 Å². The normalized spacial score (nSPS) is 21.4. The molecule has 2 unspecified atom stereocenters. The first-order chi connectivity index (χ1) is 8.70. The van der Waals surface area contributed by atoms with Gasteiger partial charge >= 0.3 is 0 Å². The maximum absolute atomic E-state index is 3.59. The van der Waals surface area contributed by atoms with Gasteiger partial charge in [0.1, 0.15) is 0 Å². The number of nitrogens with one attached hydrogen (secondary N) is 2. The van der Waals surface area contributed by atoms with E-state index in [4.69, 9.17) is 0 Å². The van der Waals surface area contributed by atoms with Crippen LogP contribution in [0.15, 0.2) is 24.3 Å². The Morgan fingerprint density at radius 1 is 1.28 bits per heavy atom. The average Bonchev–Trinajstić information content (AvgIpc) is 2.85. The summed E-state index contributed by atoms with van der Waals surface area (Å²) < 4.78 is 0. The van der Waals surface area contributed by atoms with Gasteiger partial charge in [0.05, 0.1) is 0 Å². The molecular formula is C16H26N2. The fraction of sp³-hybridized carbons (Fsp3) is 0.625. The van der Waals surface area contributed by atoms with Gasteiger partial charge in [-0.15, -0.1) is 0 Å². The molecular weight excluding hydrogens is 220 g/mol. The number of hydrogen-bond donors (Lipinski definition) is 2. The number of hydrogen-bond acceptors (Lipinski definition) is 2. The first-order valence-corrected chi connectivity index (χ1v) is 7.20. The van der Waals surface area contributed by atoms with Crippen LogP contribution in [0.5, 0.6) is 0 Å². The highest BCUT2D eigenvalue weighted by Gasteiger charge is 2.24. The molecule has 1 fully saturated rings. The van der Waals surface area contributed by atoms with Gasteiger partial charge in [0.25, 0.3) is 0 Å². The Bertz CT molecular complexity index is 350. The first-order valence-electron chi connectivity index (χ1n) is 7.20. The van der Waals surface area contributed by atoms with Crippen molar-refractivity contribution in [1.82, 2.24) is 10.6 Å². The summed E-state index contributed by atoms with van der Waals surface area (Å²) in [5.41, 5.74) is 2.85. The Labute approximate surface area is 111 Å². The molecule has 2 nitrogen and oxygen atoms in total. The molecule has 0 spiro atoms. The summed E-state index contributed by atoms with van der Waals surface area (Å²) in [6, 6.07) is 10.2. The fourth-order valence-electron chi connectivity index (χ4n) is 2.93. The third kappa shape index (κ3) is 3.33. The van der Waals surface area contributed by atoms with Crippen LogP contribution in [0.1, 0.15) is 43.9 Å². The molecule has 1 aromatic rings. The summed E-state index contributed by atoms with van der Waals surface area (Å²) in [5, 5.41) is 7.05. The molecule has 0 saturated carbocycles. The molecule has 2 rings (SSSR count). The van der Waals surface area contributed by atoms with Crippen LogP contribution < -0.4 is 10.6 Å². The van der Waals surface area contributed by atoms with Crippen molar-refractivity contribution in [2.75, 3.05) is 13.6 Å². The van der Waals surface area contributed by atoms with Crippen LogP contribution in [0.3, 0.4) is 0 Å². The third-order valence-corrected chi connectivity index (χ3v) is 3.79. The Balaban J connectivity index is 2.06. The molecule has 0 amide bonds. The van der Waals surface area contributed by atoms with E-state index in [9.17, 15) is 0 Å². The Hall–Kier alpha value is -0.860. The SMILES string of the molecule is CNC(c1ccc(CC(C)C)cc1)C1CCCN1. The summed E-state index contributed by atoms with van der Waals surface area (Å²) in [7, 11) is 2.06. The lowest BCUT2D eigenvalue weighted by molar-refractivity contribution is 0.440. The van der Waals surface area contributed by atoms with Gasteiger partial charge in [0, 0.05) is 12.1 Å². The molecule has 0 bridgehead atoms. The number of rotatable bonds is 5. The van der Waals surface area contributed by atoms with Crippen molar-refractivity contribution in [2.24, 2.45) is 5.92 Å². The van der Waals surface area contributed by atoms with Gasteiger partial charge < -0.3 is 10.6 Å². The van der Waals surface area contributed by atoms with E-state index in [2.05, 4.69) is 55.8 Å². The first kappa shape index (κ1) is 13.6. The van der Waals surface area contributed by atoms with Crippen molar-refractivity contribution in [3.8, 4) is 0 Å². The number of benzene rings is 1. The minimum absolute atomic E-state index is 0.445. The largest absolute Gasteiger partial charge is 0.312 e. The topological polar surface area (TPSA) is 24.1 Å². The monoisotopic (exact) mass is 246 g/mol. The average molecular weight is 246 g/mol. The van der Waals surface area contributed by atoms with Crippen LogP contribution in [0.25, 0.3) is 0 Å². The quantitative estimate of drug-likeness (QED) is 0.835. The van der Waals surface area contributed by atoms with Gasteiger partial charge in [-0.05, 0) is 49.9 Å². The van der Waals surface area contributed by atoms with Crippen LogP contribution in [-0.2, 0) is 6.42 Å².